The standard InChI is InChI=1S/C66H44N2/c1-3-15-45(16-4-1)50-17-13-19-52(41-50)53-20-14-18-51(42-53)48-31-29-46(30-32-48)47-33-35-49(36-34-47)57-23-7-10-26-62(57)68-64-28-12-9-25-59(64)61-44-55(38-40-66(61)68)54-37-39-65-60(43-54)58-24-8-11-27-63(58)67(65)56-21-5-2-6-22-56/h1-44H. The maximum absolute atomic E-state index is 2.45. The third-order valence-electron chi connectivity index (χ3n) is 13.8. The molecule has 68 heavy (non-hydrogen) atoms. The summed E-state index contributed by atoms with van der Waals surface area (Å²) in [6, 6.07) is 97.3. The minimum Gasteiger partial charge on any atom is -0.309 e. The van der Waals surface area contributed by atoms with Gasteiger partial charge in [0, 0.05) is 32.8 Å². The summed E-state index contributed by atoms with van der Waals surface area (Å²) in [7, 11) is 0. The molecular weight excluding hydrogens is 821 g/mol. The fraction of sp³-hybridized carbons (Fsp3) is 0. The summed E-state index contributed by atoms with van der Waals surface area (Å²) in [5.74, 6) is 0. The van der Waals surface area contributed by atoms with Crippen LogP contribution in [0, 0.1) is 0 Å². The van der Waals surface area contributed by atoms with E-state index in [2.05, 4.69) is 276 Å². The second kappa shape index (κ2) is 16.5. The minimum absolute atomic E-state index is 1.16. The number of aromatic nitrogens is 2. The average molecular weight is 865 g/mol. The molecule has 0 aliphatic carbocycles. The average Bonchev–Trinajstić information content (AvgIpc) is 3.94. The van der Waals surface area contributed by atoms with Crippen LogP contribution in [0.1, 0.15) is 0 Å². The van der Waals surface area contributed by atoms with Crippen molar-refractivity contribution in [2.24, 2.45) is 0 Å². The van der Waals surface area contributed by atoms with Gasteiger partial charge < -0.3 is 9.13 Å². The second-order valence-electron chi connectivity index (χ2n) is 17.7. The number of hydrogen-bond donors (Lipinski definition) is 0. The van der Waals surface area contributed by atoms with Crippen molar-refractivity contribution in [2.45, 2.75) is 0 Å². The fourth-order valence-electron chi connectivity index (χ4n) is 10.4. The lowest BCUT2D eigenvalue weighted by Gasteiger charge is -2.15. The van der Waals surface area contributed by atoms with Gasteiger partial charge in [0.05, 0.1) is 27.8 Å². The smallest absolute Gasteiger partial charge is 0.0541 e. The van der Waals surface area contributed by atoms with Crippen LogP contribution in [-0.4, -0.2) is 9.13 Å². The number of nitrogens with zero attached hydrogens (tertiary/aromatic N) is 2. The van der Waals surface area contributed by atoms with E-state index in [1.807, 2.05) is 0 Å². The molecule has 0 atom stereocenters. The molecule has 0 spiro atoms. The monoisotopic (exact) mass is 864 g/mol. The third-order valence-corrected chi connectivity index (χ3v) is 13.8. The van der Waals surface area contributed by atoms with Crippen LogP contribution >= 0.6 is 0 Å². The van der Waals surface area contributed by atoms with Gasteiger partial charge in [0.2, 0.25) is 0 Å². The highest BCUT2D eigenvalue weighted by atomic mass is 15.0. The number of fused-ring (bicyclic) bond motifs is 6. The quantitative estimate of drug-likeness (QED) is 0.144. The SMILES string of the molecule is c1ccc(-c2cccc(-c3cccc(-c4ccc(-c5ccc(-c6ccccc6-n6c7ccccc7c7cc(-c8ccc9c(c8)c8ccccc8n9-c8ccccc8)ccc76)cc5)cc4)c3)c2)cc1. The molecule has 0 saturated heterocycles. The molecule has 0 N–H and O–H groups in total. The zero-order valence-corrected chi connectivity index (χ0v) is 37.3. The Balaban J connectivity index is 0.814. The summed E-state index contributed by atoms with van der Waals surface area (Å²) in [5.41, 5.74) is 21.6. The molecule has 0 aliphatic rings. The van der Waals surface area contributed by atoms with Crippen LogP contribution in [0.25, 0.3) is 122 Å². The first-order valence-corrected chi connectivity index (χ1v) is 23.4. The molecule has 0 fully saturated rings. The van der Waals surface area contributed by atoms with Crippen molar-refractivity contribution in [3.63, 3.8) is 0 Å². The Morgan fingerprint density at radius 1 is 0.191 bits per heavy atom. The summed E-state index contributed by atoms with van der Waals surface area (Å²) in [4.78, 5) is 0. The molecule has 2 nitrogen and oxygen atoms in total. The Morgan fingerprint density at radius 2 is 0.544 bits per heavy atom. The zero-order valence-electron chi connectivity index (χ0n) is 37.3. The van der Waals surface area contributed by atoms with Crippen molar-refractivity contribution in [3.05, 3.63) is 267 Å². The van der Waals surface area contributed by atoms with Gasteiger partial charge in [0.25, 0.3) is 0 Å². The molecule has 318 valence electrons. The van der Waals surface area contributed by atoms with Crippen LogP contribution in [-0.2, 0) is 0 Å². The van der Waals surface area contributed by atoms with E-state index in [1.165, 1.54) is 116 Å². The molecular formula is C66H44N2. The Bertz CT molecular complexity index is 3990. The summed E-state index contributed by atoms with van der Waals surface area (Å²) in [6.45, 7) is 0. The molecule has 2 heterocycles. The van der Waals surface area contributed by atoms with Crippen molar-refractivity contribution in [3.8, 4) is 78.1 Å². The predicted octanol–water partition coefficient (Wildman–Crippen LogP) is 17.9. The van der Waals surface area contributed by atoms with E-state index in [9.17, 15) is 0 Å². The summed E-state index contributed by atoms with van der Waals surface area (Å²) in [6.07, 6.45) is 0. The zero-order chi connectivity index (χ0) is 45.0. The van der Waals surface area contributed by atoms with Crippen molar-refractivity contribution in [1.82, 2.24) is 9.13 Å². The predicted molar refractivity (Wildman–Crippen MR) is 288 cm³/mol. The van der Waals surface area contributed by atoms with Gasteiger partial charge in [0.1, 0.15) is 0 Å². The molecule has 13 aromatic rings. The largest absolute Gasteiger partial charge is 0.309 e. The fourth-order valence-corrected chi connectivity index (χ4v) is 10.4. The van der Waals surface area contributed by atoms with Gasteiger partial charge in [-0.1, -0.05) is 200 Å². The topological polar surface area (TPSA) is 9.86 Å². The highest BCUT2D eigenvalue weighted by Crippen LogP contribution is 2.40. The van der Waals surface area contributed by atoms with Gasteiger partial charge in [-0.25, -0.2) is 0 Å². The van der Waals surface area contributed by atoms with Crippen LogP contribution in [0.4, 0.5) is 0 Å². The van der Waals surface area contributed by atoms with Crippen LogP contribution in [0.2, 0.25) is 0 Å². The van der Waals surface area contributed by atoms with Crippen LogP contribution in [0.15, 0.2) is 267 Å². The normalized spacial score (nSPS) is 11.5. The van der Waals surface area contributed by atoms with Crippen molar-refractivity contribution >= 4 is 43.6 Å². The molecule has 0 aliphatic heterocycles. The van der Waals surface area contributed by atoms with Crippen LogP contribution in [0.3, 0.4) is 0 Å². The Labute approximate surface area is 395 Å². The van der Waals surface area contributed by atoms with Gasteiger partial charge in [-0.2, -0.15) is 0 Å². The summed E-state index contributed by atoms with van der Waals surface area (Å²) in [5, 5.41) is 4.99. The number of benzene rings is 11. The molecule has 0 radical (unpaired) electrons. The number of para-hydroxylation sites is 4. The second-order valence-corrected chi connectivity index (χ2v) is 17.7. The first-order valence-electron chi connectivity index (χ1n) is 23.4. The van der Waals surface area contributed by atoms with E-state index in [0.717, 1.165) is 5.69 Å². The number of rotatable bonds is 8. The first kappa shape index (κ1) is 39.4. The van der Waals surface area contributed by atoms with E-state index >= 15 is 0 Å². The van der Waals surface area contributed by atoms with E-state index in [-0.39, 0.29) is 0 Å². The summed E-state index contributed by atoms with van der Waals surface area (Å²) >= 11 is 0. The lowest BCUT2D eigenvalue weighted by Crippen LogP contribution is -1.97. The van der Waals surface area contributed by atoms with Gasteiger partial charge in [-0.05, 0) is 128 Å². The highest BCUT2D eigenvalue weighted by Gasteiger charge is 2.18. The molecule has 0 amide bonds. The van der Waals surface area contributed by atoms with Gasteiger partial charge >= 0.3 is 0 Å². The molecule has 2 aromatic heterocycles. The van der Waals surface area contributed by atoms with Gasteiger partial charge in [-0.15, -0.1) is 0 Å². The maximum Gasteiger partial charge on any atom is 0.0541 e. The van der Waals surface area contributed by atoms with Gasteiger partial charge in [0.15, 0.2) is 0 Å². The third kappa shape index (κ3) is 6.82. The summed E-state index contributed by atoms with van der Waals surface area (Å²) < 4.78 is 4.82. The molecule has 0 unspecified atom stereocenters. The van der Waals surface area contributed by atoms with E-state index in [4.69, 9.17) is 0 Å². The maximum atomic E-state index is 2.45. The highest BCUT2D eigenvalue weighted by molar-refractivity contribution is 6.13. The molecule has 13 rings (SSSR count). The lowest BCUT2D eigenvalue weighted by molar-refractivity contribution is 1.18. The molecule has 11 aromatic carbocycles. The van der Waals surface area contributed by atoms with Crippen molar-refractivity contribution in [1.29, 1.82) is 0 Å². The van der Waals surface area contributed by atoms with E-state index < -0.39 is 0 Å². The van der Waals surface area contributed by atoms with Crippen LogP contribution < -0.4 is 0 Å². The number of hydrogen-bond acceptors (Lipinski definition) is 0. The Morgan fingerprint density at radius 3 is 1.12 bits per heavy atom. The Hall–Kier alpha value is -8.98. The van der Waals surface area contributed by atoms with Gasteiger partial charge in [-0.3, -0.25) is 0 Å². The van der Waals surface area contributed by atoms with Crippen LogP contribution in [0.5, 0.6) is 0 Å². The lowest BCUT2D eigenvalue weighted by atomic mass is 9.95. The van der Waals surface area contributed by atoms with E-state index in [1.54, 1.807) is 0 Å². The molecule has 0 saturated carbocycles. The first-order chi connectivity index (χ1) is 33.7. The van der Waals surface area contributed by atoms with Crippen molar-refractivity contribution < 1.29 is 0 Å². The molecule has 0 bridgehead atoms. The van der Waals surface area contributed by atoms with Crippen molar-refractivity contribution in [2.75, 3.05) is 0 Å². The Kier molecular flexibility index (Phi) is 9.54. The van der Waals surface area contributed by atoms with E-state index in [0.29, 0.717) is 0 Å². The molecule has 2 heteroatoms. The minimum atomic E-state index is 1.16.